The highest BCUT2D eigenvalue weighted by Gasteiger charge is 2.30. The molecule has 1 aliphatic rings. The predicted molar refractivity (Wildman–Crippen MR) is 88.3 cm³/mol. The Labute approximate surface area is 131 Å². The van der Waals surface area contributed by atoms with Gasteiger partial charge in [0.25, 0.3) is 0 Å². The van der Waals surface area contributed by atoms with E-state index in [-0.39, 0.29) is 4.90 Å². The number of thioether (sulfide) groups is 1. The van der Waals surface area contributed by atoms with Crippen LogP contribution in [0.1, 0.15) is 26.7 Å². The Balaban J connectivity index is 2.11. The highest BCUT2D eigenvalue weighted by atomic mass is 32.2. The SMILES string of the molecule is CCCNc1ccc(S(=O)(=O)N2CCSC(CC)C2)cn1. The molecule has 1 aliphatic heterocycles. The molecule has 1 fully saturated rings. The van der Waals surface area contributed by atoms with Crippen LogP contribution in [0.4, 0.5) is 5.82 Å². The second kappa shape index (κ2) is 7.47. The van der Waals surface area contributed by atoms with Gasteiger partial charge in [0.15, 0.2) is 0 Å². The van der Waals surface area contributed by atoms with Gasteiger partial charge in [-0.05, 0) is 25.0 Å². The monoisotopic (exact) mass is 329 g/mol. The molecule has 1 saturated heterocycles. The third kappa shape index (κ3) is 4.11. The minimum atomic E-state index is -3.41. The number of nitrogens with zero attached hydrogens (tertiary/aromatic N) is 2. The lowest BCUT2D eigenvalue weighted by Crippen LogP contribution is -2.41. The van der Waals surface area contributed by atoms with E-state index in [1.807, 2.05) is 11.8 Å². The molecule has 0 bridgehead atoms. The van der Waals surface area contributed by atoms with Crippen molar-refractivity contribution in [2.45, 2.75) is 36.8 Å². The highest BCUT2D eigenvalue weighted by molar-refractivity contribution is 8.00. The summed E-state index contributed by atoms with van der Waals surface area (Å²) in [5.74, 6) is 1.58. The summed E-state index contributed by atoms with van der Waals surface area (Å²) in [5.41, 5.74) is 0. The molecule has 0 aliphatic carbocycles. The first kappa shape index (κ1) is 16.6. The molecule has 2 rings (SSSR count). The molecule has 1 N–H and O–H groups in total. The number of nitrogens with one attached hydrogen (secondary N) is 1. The van der Waals surface area contributed by atoms with Crippen molar-refractivity contribution in [1.82, 2.24) is 9.29 Å². The van der Waals surface area contributed by atoms with Crippen LogP contribution in [0, 0.1) is 0 Å². The van der Waals surface area contributed by atoms with Crippen LogP contribution in [0.15, 0.2) is 23.2 Å². The number of sulfonamides is 1. The number of hydrogen-bond donors (Lipinski definition) is 1. The van der Waals surface area contributed by atoms with Crippen molar-refractivity contribution in [2.75, 3.05) is 30.7 Å². The molecule has 0 aromatic carbocycles. The van der Waals surface area contributed by atoms with Crippen LogP contribution in [0.25, 0.3) is 0 Å². The fourth-order valence-corrected chi connectivity index (χ4v) is 5.02. The van der Waals surface area contributed by atoms with E-state index in [9.17, 15) is 8.42 Å². The van der Waals surface area contributed by atoms with Crippen LogP contribution in [-0.4, -0.2) is 48.3 Å². The van der Waals surface area contributed by atoms with Crippen molar-refractivity contribution in [3.63, 3.8) is 0 Å². The van der Waals surface area contributed by atoms with E-state index < -0.39 is 10.0 Å². The van der Waals surface area contributed by atoms with E-state index in [4.69, 9.17) is 0 Å². The predicted octanol–water partition coefficient (Wildman–Crippen LogP) is 2.42. The molecule has 118 valence electrons. The average Bonchev–Trinajstić information content (AvgIpc) is 2.53. The molecule has 1 atom stereocenters. The Morgan fingerprint density at radius 3 is 2.86 bits per heavy atom. The van der Waals surface area contributed by atoms with Gasteiger partial charge in [-0.1, -0.05) is 13.8 Å². The molecule has 1 unspecified atom stereocenters. The zero-order valence-corrected chi connectivity index (χ0v) is 14.2. The van der Waals surface area contributed by atoms with E-state index in [2.05, 4.69) is 24.1 Å². The molecule has 1 aromatic rings. The average molecular weight is 329 g/mol. The Morgan fingerprint density at radius 2 is 2.24 bits per heavy atom. The number of anilines is 1. The molecule has 0 amide bonds. The molecule has 0 radical (unpaired) electrons. The van der Waals surface area contributed by atoms with Crippen molar-refractivity contribution in [3.8, 4) is 0 Å². The first-order valence-electron chi connectivity index (χ1n) is 7.39. The summed E-state index contributed by atoms with van der Waals surface area (Å²) in [7, 11) is -3.41. The quantitative estimate of drug-likeness (QED) is 0.868. The lowest BCUT2D eigenvalue weighted by molar-refractivity contribution is 0.416. The minimum absolute atomic E-state index is 0.284. The summed E-state index contributed by atoms with van der Waals surface area (Å²) in [6.45, 7) is 6.19. The van der Waals surface area contributed by atoms with Gasteiger partial charge >= 0.3 is 0 Å². The summed E-state index contributed by atoms with van der Waals surface area (Å²) < 4.78 is 26.9. The Kier molecular flexibility index (Phi) is 5.89. The maximum absolute atomic E-state index is 12.6. The summed E-state index contributed by atoms with van der Waals surface area (Å²) >= 11 is 1.86. The standard InChI is InChI=1S/C14H23N3O2S2/c1-3-7-15-14-6-5-13(10-16-14)21(18,19)17-8-9-20-12(4-2)11-17/h5-6,10,12H,3-4,7-9,11H2,1-2H3,(H,15,16). The van der Waals surface area contributed by atoms with E-state index in [1.165, 1.54) is 6.20 Å². The largest absolute Gasteiger partial charge is 0.370 e. The van der Waals surface area contributed by atoms with Gasteiger partial charge < -0.3 is 5.32 Å². The summed E-state index contributed by atoms with van der Waals surface area (Å²) in [4.78, 5) is 4.48. The molecule has 7 heteroatoms. The molecule has 1 aromatic heterocycles. The van der Waals surface area contributed by atoms with Crippen LogP contribution in [0.3, 0.4) is 0 Å². The lowest BCUT2D eigenvalue weighted by atomic mass is 10.3. The highest BCUT2D eigenvalue weighted by Crippen LogP contribution is 2.26. The van der Waals surface area contributed by atoms with Crippen molar-refractivity contribution in [1.29, 1.82) is 0 Å². The van der Waals surface area contributed by atoms with Crippen LogP contribution in [0.5, 0.6) is 0 Å². The molecule has 5 nitrogen and oxygen atoms in total. The summed E-state index contributed by atoms with van der Waals surface area (Å²) in [5, 5.41) is 3.54. The van der Waals surface area contributed by atoms with Crippen LogP contribution < -0.4 is 5.32 Å². The van der Waals surface area contributed by atoms with E-state index >= 15 is 0 Å². The van der Waals surface area contributed by atoms with Crippen molar-refractivity contribution in [2.24, 2.45) is 0 Å². The molecule has 0 spiro atoms. The Bertz CT molecular complexity index is 546. The zero-order chi connectivity index (χ0) is 15.3. The number of rotatable bonds is 6. The minimum Gasteiger partial charge on any atom is -0.370 e. The third-order valence-corrected chi connectivity index (χ3v) is 6.71. The van der Waals surface area contributed by atoms with Gasteiger partial charge in [-0.25, -0.2) is 13.4 Å². The van der Waals surface area contributed by atoms with E-state index in [0.717, 1.165) is 31.0 Å². The number of pyridine rings is 1. The maximum Gasteiger partial charge on any atom is 0.244 e. The fraction of sp³-hybridized carbons (Fsp3) is 0.643. The fourth-order valence-electron chi connectivity index (χ4n) is 2.20. The van der Waals surface area contributed by atoms with Crippen LogP contribution in [-0.2, 0) is 10.0 Å². The lowest BCUT2D eigenvalue weighted by Gasteiger charge is -2.30. The van der Waals surface area contributed by atoms with Gasteiger partial charge in [-0.15, -0.1) is 0 Å². The molecule has 2 heterocycles. The van der Waals surface area contributed by atoms with E-state index in [0.29, 0.717) is 18.3 Å². The first-order chi connectivity index (χ1) is 10.1. The second-order valence-corrected chi connectivity index (χ2v) is 8.42. The third-order valence-electron chi connectivity index (χ3n) is 3.49. The van der Waals surface area contributed by atoms with Crippen molar-refractivity contribution >= 4 is 27.6 Å². The number of aromatic nitrogens is 1. The second-order valence-electron chi connectivity index (χ2n) is 5.07. The number of hydrogen-bond acceptors (Lipinski definition) is 5. The van der Waals surface area contributed by atoms with Gasteiger partial charge in [0, 0.05) is 36.8 Å². The zero-order valence-electron chi connectivity index (χ0n) is 12.6. The summed E-state index contributed by atoms with van der Waals surface area (Å²) in [6, 6.07) is 3.38. The van der Waals surface area contributed by atoms with Crippen LogP contribution >= 0.6 is 11.8 Å². The van der Waals surface area contributed by atoms with Crippen LogP contribution in [0.2, 0.25) is 0 Å². The smallest absolute Gasteiger partial charge is 0.244 e. The Morgan fingerprint density at radius 1 is 1.43 bits per heavy atom. The topological polar surface area (TPSA) is 62.3 Å². The van der Waals surface area contributed by atoms with Crippen molar-refractivity contribution < 1.29 is 8.42 Å². The van der Waals surface area contributed by atoms with Gasteiger partial charge in [0.2, 0.25) is 10.0 Å². The first-order valence-corrected chi connectivity index (χ1v) is 9.88. The van der Waals surface area contributed by atoms with Gasteiger partial charge in [-0.2, -0.15) is 16.1 Å². The molecular weight excluding hydrogens is 306 g/mol. The maximum atomic E-state index is 12.6. The Hall–Kier alpha value is -0.790. The van der Waals surface area contributed by atoms with E-state index in [1.54, 1.807) is 16.4 Å². The summed E-state index contributed by atoms with van der Waals surface area (Å²) in [6.07, 6.45) is 3.45. The van der Waals surface area contributed by atoms with Crippen molar-refractivity contribution in [3.05, 3.63) is 18.3 Å². The molecule has 21 heavy (non-hydrogen) atoms. The van der Waals surface area contributed by atoms with Gasteiger partial charge in [0.1, 0.15) is 10.7 Å². The molecule has 0 saturated carbocycles. The molecular formula is C14H23N3O2S2. The normalized spacial score (nSPS) is 20.4. The van der Waals surface area contributed by atoms with Gasteiger partial charge in [-0.3, -0.25) is 0 Å². The van der Waals surface area contributed by atoms with Gasteiger partial charge in [0.05, 0.1) is 0 Å².